The zero-order valence-corrected chi connectivity index (χ0v) is 30.8. The van der Waals surface area contributed by atoms with Gasteiger partial charge in [-0.2, -0.15) is 0 Å². The standard InChI is InChI=1S/C38H56ClN5O3/c1-26(2)31(23-27(3)35(46)44-21-19-43(20-22-44)25-28-15-12-11-13-16-28)42(10)36(47)33(37(4,5)6)41-34(45)32(40-9)38(7,8)29-17-14-18-30(39)24-29/h11-18,23-24,26,31-33,40H,19-22,25H2,1-10H3,(H,41,45)/t31-,32-,33-/m1/s1. The Bertz CT molecular complexity index is 1390. The highest BCUT2D eigenvalue weighted by molar-refractivity contribution is 6.30. The van der Waals surface area contributed by atoms with Crippen molar-refractivity contribution in [1.29, 1.82) is 0 Å². The first-order valence-corrected chi connectivity index (χ1v) is 17.1. The fourth-order valence-corrected chi connectivity index (χ4v) is 6.57. The number of piperazine rings is 1. The number of amides is 3. The molecular formula is C38H56ClN5O3. The third kappa shape index (κ3) is 9.91. The Labute approximate surface area is 287 Å². The molecule has 1 heterocycles. The summed E-state index contributed by atoms with van der Waals surface area (Å²) < 4.78 is 0. The quantitative estimate of drug-likeness (QED) is 0.292. The van der Waals surface area contributed by atoms with E-state index in [2.05, 4.69) is 39.8 Å². The smallest absolute Gasteiger partial charge is 0.249 e. The fourth-order valence-electron chi connectivity index (χ4n) is 6.38. The second-order valence-electron chi connectivity index (χ2n) is 14.8. The van der Waals surface area contributed by atoms with Crippen LogP contribution in [0.5, 0.6) is 0 Å². The van der Waals surface area contributed by atoms with E-state index in [1.54, 1.807) is 19.0 Å². The van der Waals surface area contributed by atoms with Gasteiger partial charge in [0.2, 0.25) is 17.7 Å². The molecule has 0 bridgehead atoms. The van der Waals surface area contributed by atoms with Crippen molar-refractivity contribution in [3.8, 4) is 0 Å². The highest BCUT2D eigenvalue weighted by Gasteiger charge is 2.41. The molecule has 47 heavy (non-hydrogen) atoms. The molecule has 1 aliphatic rings. The van der Waals surface area contributed by atoms with Crippen LogP contribution in [0.3, 0.4) is 0 Å². The van der Waals surface area contributed by atoms with E-state index in [-0.39, 0.29) is 29.7 Å². The van der Waals surface area contributed by atoms with Crippen molar-refractivity contribution >= 4 is 29.3 Å². The van der Waals surface area contributed by atoms with Crippen LogP contribution in [0.4, 0.5) is 0 Å². The van der Waals surface area contributed by atoms with Crippen LogP contribution >= 0.6 is 11.6 Å². The summed E-state index contributed by atoms with van der Waals surface area (Å²) in [6.45, 7) is 19.6. The summed E-state index contributed by atoms with van der Waals surface area (Å²) in [5, 5.41) is 6.87. The van der Waals surface area contributed by atoms with E-state index in [9.17, 15) is 14.4 Å². The van der Waals surface area contributed by atoms with Crippen molar-refractivity contribution in [2.75, 3.05) is 40.3 Å². The molecule has 0 unspecified atom stereocenters. The van der Waals surface area contributed by atoms with Gasteiger partial charge in [0.25, 0.3) is 0 Å². The average Bonchev–Trinajstić information content (AvgIpc) is 3.01. The van der Waals surface area contributed by atoms with Crippen LogP contribution in [0.1, 0.15) is 66.5 Å². The lowest BCUT2D eigenvalue weighted by atomic mass is 9.76. The minimum Gasteiger partial charge on any atom is -0.342 e. The SMILES string of the molecule is CN[C@H](C(=O)N[C@H](C(=O)N(C)[C@H](C=C(C)C(=O)N1CCN(Cc2ccccc2)CC1)C(C)C)C(C)(C)C)C(C)(C)c1cccc(Cl)c1. The maximum Gasteiger partial charge on any atom is 0.249 e. The molecule has 9 heteroatoms. The number of hydrogen-bond acceptors (Lipinski definition) is 5. The molecule has 258 valence electrons. The number of nitrogens with zero attached hydrogens (tertiary/aromatic N) is 3. The van der Waals surface area contributed by atoms with Crippen LogP contribution in [0.2, 0.25) is 5.02 Å². The summed E-state index contributed by atoms with van der Waals surface area (Å²) in [5.74, 6) is -0.436. The normalized spacial score (nSPS) is 16.9. The molecule has 0 saturated carbocycles. The van der Waals surface area contributed by atoms with Crippen LogP contribution in [0.25, 0.3) is 0 Å². The fraction of sp³-hybridized carbons (Fsp3) is 0.553. The molecular weight excluding hydrogens is 610 g/mol. The minimum atomic E-state index is -0.797. The van der Waals surface area contributed by atoms with Crippen molar-refractivity contribution in [2.24, 2.45) is 11.3 Å². The second kappa shape index (κ2) is 16.3. The summed E-state index contributed by atoms with van der Waals surface area (Å²) in [6.07, 6.45) is 1.92. The van der Waals surface area contributed by atoms with Crippen molar-refractivity contribution in [2.45, 2.75) is 85.5 Å². The zero-order chi connectivity index (χ0) is 35.1. The number of rotatable bonds is 12. The highest BCUT2D eigenvalue weighted by atomic mass is 35.5. The molecule has 0 radical (unpaired) electrons. The Morgan fingerprint density at radius 1 is 0.936 bits per heavy atom. The topological polar surface area (TPSA) is 85.0 Å². The molecule has 8 nitrogen and oxygen atoms in total. The van der Waals surface area contributed by atoms with Crippen LogP contribution in [0.15, 0.2) is 66.2 Å². The number of benzene rings is 2. The third-order valence-electron chi connectivity index (χ3n) is 9.39. The van der Waals surface area contributed by atoms with Gasteiger partial charge >= 0.3 is 0 Å². The molecule has 3 amide bonds. The molecule has 3 atom stereocenters. The molecule has 2 N–H and O–H groups in total. The largest absolute Gasteiger partial charge is 0.342 e. The van der Waals surface area contributed by atoms with Gasteiger partial charge in [0.15, 0.2) is 0 Å². The van der Waals surface area contributed by atoms with Crippen molar-refractivity contribution in [3.05, 3.63) is 82.4 Å². The van der Waals surface area contributed by atoms with Gasteiger partial charge in [-0.3, -0.25) is 19.3 Å². The Morgan fingerprint density at radius 3 is 2.09 bits per heavy atom. The van der Waals surface area contributed by atoms with E-state index in [0.717, 1.165) is 25.2 Å². The Balaban J connectivity index is 1.74. The van der Waals surface area contributed by atoms with E-state index in [0.29, 0.717) is 23.7 Å². The molecule has 0 spiro atoms. The Hall–Kier alpha value is -3.20. The first kappa shape index (κ1) is 38.2. The first-order chi connectivity index (χ1) is 22.0. The van der Waals surface area contributed by atoms with E-state index < -0.39 is 22.9 Å². The van der Waals surface area contributed by atoms with Gasteiger partial charge in [-0.15, -0.1) is 0 Å². The predicted octanol–water partition coefficient (Wildman–Crippen LogP) is 5.51. The number of halogens is 1. The summed E-state index contributed by atoms with van der Waals surface area (Å²) in [7, 11) is 3.51. The summed E-state index contributed by atoms with van der Waals surface area (Å²) >= 11 is 6.29. The molecule has 1 aliphatic heterocycles. The lowest BCUT2D eigenvalue weighted by Gasteiger charge is -2.40. The number of carbonyl (C=O) groups excluding carboxylic acids is 3. The lowest BCUT2D eigenvalue weighted by Crippen LogP contribution is -2.61. The van der Waals surface area contributed by atoms with Crippen LogP contribution in [0, 0.1) is 11.3 Å². The monoisotopic (exact) mass is 665 g/mol. The third-order valence-corrected chi connectivity index (χ3v) is 9.62. The Morgan fingerprint density at radius 2 is 1.55 bits per heavy atom. The maximum absolute atomic E-state index is 14.2. The molecule has 0 aromatic heterocycles. The van der Waals surface area contributed by atoms with Gasteiger partial charge in [-0.1, -0.05) is 109 Å². The highest BCUT2D eigenvalue weighted by Crippen LogP contribution is 2.30. The van der Waals surface area contributed by atoms with Gasteiger partial charge < -0.3 is 20.4 Å². The van der Waals surface area contributed by atoms with Gasteiger partial charge in [-0.05, 0) is 48.6 Å². The van der Waals surface area contributed by atoms with E-state index >= 15 is 0 Å². The van der Waals surface area contributed by atoms with E-state index in [1.807, 2.05) is 96.7 Å². The number of nitrogens with one attached hydrogen (secondary N) is 2. The summed E-state index contributed by atoms with van der Waals surface area (Å²) in [5.41, 5.74) is 1.61. The molecule has 1 fully saturated rings. The van der Waals surface area contributed by atoms with Crippen molar-refractivity contribution in [1.82, 2.24) is 25.3 Å². The van der Waals surface area contributed by atoms with Crippen molar-refractivity contribution in [3.63, 3.8) is 0 Å². The van der Waals surface area contributed by atoms with Gasteiger partial charge in [-0.25, -0.2) is 0 Å². The second-order valence-corrected chi connectivity index (χ2v) is 15.3. The molecule has 2 aromatic carbocycles. The van der Waals surface area contributed by atoms with E-state index in [1.165, 1.54) is 5.56 Å². The number of likely N-dealkylation sites (N-methyl/N-ethyl adjacent to an activating group) is 2. The first-order valence-electron chi connectivity index (χ1n) is 16.7. The number of hydrogen-bond donors (Lipinski definition) is 2. The van der Waals surface area contributed by atoms with Crippen LogP contribution < -0.4 is 10.6 Å². The minimum absolute atomic E-state index is 0.00311. The Kier molecular flexibility index (Phi) is 13.2. The number of carbonyl (C=O) groups is 3. The summed E-state index contributed by atoms with van der Waals surface area (Å²) in [6, 6.07) is 16.1. The predicted molar refractivity (Wildman–Crippen MR) is 192 cm³/mol. The summed E-state index contributed by atoms with van der Waals surface area (Å²) in [4.78, 5) is 47.6. The van der Waals surface area contributed by atoms with Gasteiger partial charge in [0, 0.05) is 55.8 Å². The molecule has 1 saturated heterocycles. The average molecular weight is 666 g/mol. The molecule has 2 aromatic rings. The van der Waals surface area contributed by atoms with Crippen LogP contribution in [-0.4, -0.2) is 90.8 Å². The van der Waals surface area contributed by atoms with Gasteiger partial charge in [0.05, 0.1) is 12.1 Å². The molecule has 0 aliphatic carbocycles. The maximum atomic E-state index is 14.2. The van der Waals surface area contributed by atoms with Gasteiger partial charge in [0.1, 0.15) is 6.04 Å². The lowest BCUT2D eigenvalue weighted by molar-refractivity contribution is -0.141. The van der Waals surface area contributed by atoms with Crippen LogP contribution in [-0.2, 0) is 26.3 Å². The zero-order valence-electron chi connectivity index (χ0n) is 30.1. The van der Waals surface area contributed by atoms with Crippen molar-refractivity contribution < 1.29 is 14.4 Å². The van der Waals surface area contributed by atoms with E-state index in [4.69, 9.17) is 11.6 Å². The molecule has 3 rings (SSSR count).